The first-order chi connectivity index (χ1) is 9.36. The Morgan fingerprint density at radius 1 is 0.789 bits per heavy atom. The van der Waals surface area contributed by atoms with Gasteiger partial charge in [0.25, 0.3) is 0 Å². The second-order valence-electron chi connectivity index (χ2n) is 4.73. The van der Waals surface area contributed by atoms with Gasteiger partial charge < -0.3 is 10.2 Å². The number of nitrogens with one attached hydrogen (secondary N) is 1. The number of piperazine rings is 1. The molecule has 0 aromatic heterocycles. The smallest absolute Gasteiger partial charge is 0.0367 e. The molecule has 0 unspecified atom stereocenters. The zero-order valence-electron chi connectivity index (χ0n) is 11.5. The average Bonchev–Trinajstić information content (AvgIpc) is 2.51. The molecule has 2 heteroatoms. The van der Waals surface area contributed by atoms with E-state index in [-0.39, 0.29) is 0 Å². The van der Waals surface area contributed by atoms with Crippen molar-refractivity contribution in [1.29, 1.82) is 0 Å². The molecule has 3 rings (SSSR count). The van der Waals surface area contributed by atoms with Gasteiger partial charge in [-0.2, -0.15) is 0 Å². The quantitative estimate of drug-likeness (QED) is 0.841. The van der Waals surface area contributed by atoms with Crippen LogP contribution in [0.15, 0.2) is 60.7 Å². The number of nitrogens with zero attached hydrogens (tertiary/aromatic N) is 1. The zero-order chi connectivity index (χ0) is 13.3. The Kier molecular flexibility index (Phi) is 5.45. The summed E-state index contributed by atoms with van der Waals surface area (Å²) in [5, 5.41) is 3.35. The highest BCUT2D eigenvalue weighted by Gasteiger charge is 2.08. The van der Waals surface area contributed by atoms with Gasteiger partial charge in [0.15, 0.2) is 0 Å². The second kappa shape index (κ2) is 7.59. The third-order valence-electron chi connectivity index (χ3n) is 3.18. The van der Waals surface area contributed by atoms with E-state index in [1.165, 1.54) is 11.3 Å². The molecule has 2 aromatic rings. The lowest BCUT2D eigenvalue weighted by atomic mass is 10.2. The number of anilines is 1. The van der Waals surface area contributed by atoms with Crippen molar-refractivity contribution in [2.75, 3.05) is 31.1 Å². The Labute approximate surface area is 116 Å². The van der Waals surface area contributed by atoms with Crippen molar-refractivity contribution in [3.8, 4) is 0 Å². The summed E-state index contributed by atoms with van der Waals surface area (Å²) >= 11 is 0. The molecule has 0 bridgehead atoms. The largest absolute Gasteiger partial charge is 0.369 e. The molecule has 19 heavy (non-hydrogen) atoms. The zero-order valence-corrected chi connectivity index (χ0v) is 11.5. The molecule has 1 N–H and O–H groups in total. The summed E-state index contributed by atoms with van der Waals surface area (Å²) in [6.07, 6.45) is 0. The normalized spacial score (nSPS) is 14.5. The van der Waals surface area contributed by atoms with Crippen LogP contribution >= 0.6 is 0 Å². The Morgan fingerprint density at radius 3 is 1.74 bits per heavy atom. The first-order valence-corrected chi connectivity index (χ1v) is 6.88. The maximum Gasteiger partial charge on any atom is 0.0367 e. The topological polar surface area (TPSA) is 15.3 Å². The summed E-state index contributed by atoms with van der Waals surface area (Å²) in [4.78, 5) is 2.43. The summed E-state index contributed by atoms with van der Waals surface area (Å²) in [5.41, 5.74) is 2.69. The summed E-state index contributed by atoms with van der Waals surface area (Å²) in [6, 6.07) is 20.8. The number of aryl methyl sites for hydroxylation is 1. The highest BCUT2D eigenvalue weighted by atomic mass is 15.2. The molecular formula is C17H22N2. The van der Waals surface area contributed by atoms with Crippen LogP contribution in [0.1, 0.15) is 5.56 Å². The van der Waals surface area contributed by atoms with Crippen LogP contribution in [0.25, 0.3) is 0 Å². The number of hydrogen-bond acceptors (Lipinski definition) is 2. The monoisotopic (exact) mass is 254 g/mol. The van der Waals surface area contributed by atoms with Gasteiger partial charge in [-0.15, -0.1) is 0 Å². The summed E-state index contributed by atoms with van der Waals surface area (Å²) < 4.78 is 0. The number of rotatable bonds is 1. The first kappa shape index (κ1) is 13.6. The van der Waals surface area contributed by atoms with Crippen LogP contribution in [0.5, 0.6) is 0 Å². The fourth-order valence-corrected chi connectivity index (χ4v) is 2.06. The molecule has 1 aliphatic rings. The molecule has 2 nitrogen and oxygen atoms in total. The Bertz CT molecular complexity index is 418. The van der Waals surface area contributed by atoms with Gasteiger partial charge in [0.1, 0.15) is 0 Å². The summed E-state index contributed by atoms with van der Waals surface area (Å²) in [7, 11) is 0. The van der Waals surface area contributed by atoms with Gasteiger partial charge in [-0.3, -0.25) is 0 Å². The lowest BCUT2D eigenvalue weighted by Gasteiger charge is -2.29. The molecular weight excluding hydrogens is 232 g/mol. The van der Waals surface area contributed by atoms with Crippen molar-refractivity contribution >= 4 is 5.69 Å². The molecule has 0 amide bonds. The van der Waals surface area contributed by atoms with Crippen LogP contribution in [0.3, 0.4) is 0 Å². The SMILES string of the molecule is Cc1ccc(N2CCNCC2)cc1.c1ccccc1. The average molecular weight is 254 g/mol. The van der Waals surface area contributed by atoms with Crippen LogP contribution in [0.4, 0.5) is 5.69 Å². The molecule has 0 saturated carbocycles. The lowest BCUT2D eigenvalue weighted by molar-refractivity contribution is 0.589. The van der Waals surface area contributed by atoms with E-state index in [0.29, 0.717) is 0 Å². The van der Waals surface area contributed by atoms with Gasteiger partial charge >= 0.3 is 0 Å². The lowest BCUT2D eigenvalue weighted by Crippen LogP contribution is -2.43. The minimum atomic E-state index is 1.11. The first-order valence-electron chi connectivity index (χ1n) is 6.88. The van der Waals surface area contributed by atoms with Crippen LogP contribution in [0.2, 0.25) is 0 Å². The van der Waals surface area contributed by atoms with Gasteiger partial charge in [0.05, 0.1) is 0 Å². The summed E-state index contributed by atoms with van der Waals surface area (Å²) in [5.74, 6) is 0. The van der Waals surface area contributed by atoms with Crippen molar-refractivity contribution in [3.63, 3.8) is 0 Å². The summed E-state index contributed by atoms with van der Waals surface area (Å²) in [6.45, 7) is 6.59. The molecule has 1 heterocycles. The minimum Gasteiger partial charge on any atom is -0.369 e. The van der Waals surface area contributed by atoms with Gasteiger partial charge in [-0.1, -0.05) is 54.1 Å². The highest BCUT2D eigenvalue weighted by Crippen LogP contribution is 2.14. The van der Waals surface area contributed by atoms with Gasteiger partial charge in [0, 0.05) is 31.9 Å². The van der Waals surface area contributed by atoms with Gasteiger partial charge in [-0.05, 0) is 19.1 Å². The van der Waals surface area contributed by atoms with Crippen molar-refractivity contribution in [2.24, 2.45) is 0 Å². The Balaban J connectivity index is 0.000000186. The fraction of sp³-hybridized carbons (Fsp3) is 0.294. The van der Waals surface area contributed by atoms with E-state index < -0.39 is 0 Å². The van der Waals surface area contributed by atoms with E-state index in [0.717, 1.165) is 26.2 Å². The van der Waals surface area contributed by atoms with Crippen LogP contribution in [0, 0.1) is 6.92 Å². The van der Waals surface area contributed by atoms with E-state index in [9.17, 15) is 0 Å². The minimum absolute atomic E-state index is 1.11. The third kappa shape index (κ3) is 4.76. The predicted octanol–water partition coefficient (Wildman–Crippen LogP) is 3.09. The highest BCUT2D eigenvalue weighted by molar-refractivity contribution is 5.47. The second-order valence-corrected chi connectivity index (χ2v) is 4.73. The third-order valence-corrected chi connectivity index (χ3v) is 3.18. The Morgan fingerprint density at radius 2 is 1.26 bits per heavy atom. The molecule has 1 aliphatic heterocycles. The molecule has 0 atom stereocenters. The van der Waals surface area contributed by atoms with Crippen LogP contribution < -0.4 is 10.2 Å². The van der Waals surface area contributed by atoms with Crippen molar-refractivity contribution in [1.82, 2.24) is 5.32 Å². The van der Waals surface area contributed by atoms with E-state index in [1.54, 1.807) is 0 Å². The van der Waals surface area contributed by atoms with Gasteiger partial charge in [0.2, 0.25) is 0 Å². The van der Waals surface area contributed by atoms with Crippen molar-refractivity contribution in [2.45, 2.75) is 6.92 Å². The number of benzene rings is 2. The van der Waals surface area contributed by atoms with Gasteiger partial charge in [-0.25, -0.2) is 0 Å². The molecule has 0 aliphatic carbocycles. The van der Waals surface area contributed by atoms with E-state index in [4.69, 9.17) is 0 Å². The van der Waals surface area contributed by atoms with E-state index in [1.807, 2.05) is 36.4 Å². The molecule has 0 spiro atoms. The fourth-order valence-electron chi connectivity index (χ4n) is 2.06. The molecule has 2 aromatic carbocycles. The maximum atomic E-state index is 3.35. The van der Waals surface area contributed by atoms with Crippen LogP contribution in [-0.4, -0.2) is 26.2 Å². The molecule has 1 fully saturated rings. The van der Waals surface area contributed by atoms with E-state index >= 15 is 0 Å². The molecule has 1 saturated heterocycles. The Hall–Kier alpha value is -1.80. The van der Waals surface area contributed by atoms with Crippen LogP contribution in [-0.2, 0) is 0 Å². The van der Waals surface area contributed by atoms with Crippen molar-refractivity contribution < 1.29 is 0 Å². The molecule has 0 radical (unpaired) electrons. The standard InChI is InChI=1S/C11H16N2.C6H6/c1-10-2-4-11(5-3-10)13-8-6-12-7-9-13;1-2-4-6-5-3-1/h2-5,12H,6-9H2,1H3;1-6H. The maximum absolute atomic E-state index is 3.35. The van der Waals surface area contributed by atoms with Crippen molar-refractivity contribution in [3.05, 3.63) is 66.2 Å². The molecule has 100 valence electrons. The number of hydrogen-bond donors (Lipinski definition) is 1. The predicted molar refractivity (Wildman–Crippen MR) is 82.7 cm³/mol. The van der Waals surface area contributed by atoms with E-state index in [2.05, 4.69) is 41.4 Å².